The molecular weight excluding hydrogens is 262 g/mol. The van der Waals surface area contributed by atoms with Gasteiger partial charge in [-0.3, -0.25) is 4.79 Å². The van der Waals surface area contributed by atoms with Crippen LogP contribution in [0.15, 0.2) is 48.5 Å². The molecule has 0 aliphatic rings. The van der Waals surface area contributed by atoms with E-state index in [0.29, 0.717) is 12.2 Å². The van der Waals surface area contributed by atoms with Crippen LogP contribution in [0, 0.1) is 0 Å². The Morgan fingerprint density at radius 2 is 1.67 bits per heavy atom. The Morgan fingerprint density at radius 3 is 2.24 bits per heavy atom. The van der Waals surface area contributed by atoms with Crippen LogP contribution in [0.1, 0.15) is 42.3 Å². The molecule has 0 heterocycles. The Kier molecular flexibility index (Phi) is 4.32. The number of ether oxygens (including phenoxy) is 1. The standard InChI is InChI=1S/C18H21NO2/c1-18(2,3)15-6-4-5-7-16(15)21-12-13-8-10-14(11-9-13)17(19)20/h4-11H,12H2,1-3H3,(H2,19,20). The maximum absolute atomic E-state index is 11.0. The van der Waals surface area contributed by atoms with Crippen LogP contribution in [0.25, 0.3) is 0 Å². The van der Waals surface area contributed by atoms with Crippen LogP contribution < -0.4 is 10.5 Å². The minimum absolute atomic E-state index is 0.0341. The molecule has 110 valence electrons. The van der Waals surface area contributed by atoms with E-state index < -0.39 is 5.91 Å². The third kappa shape index (κ3) is 3.85. The largest absolute Gasteiger partial charge is 0.489 e. The van der Waals surface area contributed by atoms with Crippen molar-refractivity contribution in [3.8, 4) is 5.75 Å². The van der Waals surface area contributed by atoms with Gasteiger partial charge in [0.1, 0.15) is 12.4 Å². The number of amides is 1. The van der Waals surface area contributed by atoms with Gasteiger partial charge in [-0.05, 0) is 34.7 Å². The van der Waals surface area contributed by atoms with Crippen LogP contribution in [0.4, 0.5) is 0 Å². The molecule has 0 atom stereocenters. The quantitative estimate of drug-likeness (QED) is 0.931. The van der Waals surface area contributed by atoms with Gasteiger partial charge in [0.2, 0.25) is 5.91 Å². The second kappa shape index (κ2) is 6.00. The van der Waals surface area contributed by atoms with E-state index in [9.17, 15) is 4.79 Å². The van der Waals surface area contributed by atoms with Gasteiger partial charge in [-0.2, -0.15) is 0 Å². The van der Waals surface area contributed by atoms with Gasteiger partial charge in [-0.1, -0.05) is 51.1 Å². The summed E-state index contributed by atoms with van der Waals surface area (Å²) in [6, 6.07) is 15.2. The van der Waals surface area contributed by atoms with Crippen molar-refractivity contribution in [3.05, 3.63) is 65.2 Å². The van der Waals surface area contributed by atoms with E-state index in [1.54, 1.807) is 12.1 Å². The molecule has 2 aromatic carbocycles. The number of carbonyl (C=O) groups is 1. The van der Waals surface area contributed by atoms with E-state index in [0.717, 1.165) is 11.3 Å². The van der Waals surface area contributed by atoms with Crippen molar-refractivity contribution in [1.29, 1.82) is 0 Å². The van der Waals surface area contributed by atoms with Crippen molar-refractivity contribution in [3.63, 3.8) is 0 Å². The summed E-state index contributed by atoms with van der Waals surface area (Å²) >= 11 is 0. The van der Waals surface area contributed by atoms with Gasteiger partial charge in [0, 0.05) is 5.56 Å². The number of rotatable bonds is 4. The minimum atomic E-state index is -0.416. The number of hydrogen-bond acceptors (Lipinski definition) is 2. The summed E-state index contributed by atoms with van der Waals surface area (Å²) in [6.45, 7) is 6.96. The molecule has 2 N–H and O–H groups in total. The molecule has 2 rings (SSSR count). The molecule has 3 heteroatoms. The maximum Gasteiger partial charge on any atom is 0.248 e. The summed E-state index contributed by atoms with van der Waals surface area (Å²) in [5, 5.41) is 0. The number of primary amides is 1. The number of nitrogens with two attached hydrogens (primary N) is 1. The average Bonchev–Trinajstić information content (AvgIpc) is 2.45. The van der Waals surface area contributed by atoms with Gasteiger partial charge in [0.25, 0.3) is 0 Å². The zero-order chi connectivity index (χ0) is 15.5. The van der Waals surface area contributed by atoms with E-state index in [4.69, 9.17) is 10.5 Å². The Balaban J connectivity index is 2.12. The van der Waals surface area contributed by atoms with Crippen molar-refractivity contribution in [2.24, 2.45) is 5.73 Å². The fourth-order valence-electron chi connectivity index (χ4n) is 2.14. The normalized spacial score (nSPS) is 11.2. The van der Waals surface area contributed by atoms with E-state index >= 15 is 0 Å². The summed E-state index contributed by atoms with van der Waals surface area (Å²) < 4.78 is 5.93. The molecule has 0 fully saturated rings. The molecule has 3 nitrogen and oxygen atoms in total. The fourth-order valence-corrected chi connectivity index (χ4v) is 2.14. The second-order valence-corrected chi connectivity index (χ2v) is 6.10. The van der Waals surface area contributed by atoms with Crippen molar-refractivity contribution in [2.75, 3.05) is 0 Å². The molecule has 0 saturated carbocycles. The highest BCUT2D eigenvalue weighted by Crippen LogP contribution is 2.31. The third-order valence-electron chi connectivity index (χ3n) is 3.33. The summed E-state index contributed by atoms with van der Waals surface area (Å²) in [4.78, 5) is 11.0. The first-order valence-electron chi connectivity index (χ1n) is 6.99. The molecule has 0 aliphatic heterocycles. The molecule has 0 unspecified atom stereocenters. The number of benzene rings is 2. The van der Waals surface area contributed by atoms with Crippen LogP contribution in [0.3, 0.4) is 0 Å². The Bertz CT molecular complexity index is 624. The molecule has 0 saturated heterocycles. The SMILES string of the molecule is CC(C)(C)c1ccccc1OCc1ccc(C(N)=O)cc1. The van der Waals surface area contributed by atoms with Gasteiger partial charge in [-0.25, -0.2) is 0 Å². The van der Waals surface area contributed by atoms with Crippen molar-refractivity contribution in [1.82, 2.24) is 0 Å². The molecule has 0 radical (unpaired) electrons. The number of hydrogen-bond donors (Lipinski definition) is 1. The monoisotopic (exact) mass is 283 g/mol. The van der Waals surface area contributed by atoms with Crippen molar-refractivity contribution < 1.29 is 9.53 Å². The van der Waals surface area contributed by atoms with Crippen LogP contribution in [0.2, 0.25) is 0 Å². The topological polar surface area (TPSA) is 52.3 Å². The lowest BCUT2D eigenvalue weighted by molar-refractivity contribution is 0.1000. The number of carbonyl (C=O) groups excluding carboxylic acids is 1. The second-order valence-electron chi connectivity index (χ2n) is 6.10. The van der Waals surface area contributed by atoms with Crippen LogP contribution in [-0.2, 0) is 12.0 Å². The van der Waals surface area contributed by atoms with Gasteiger partial charge in [0.05, 0.1) is 0 Å². The first kappa shape index (κ1) is 15.1. The van der Waals surface area contributed by atoms with E-state index in [1.807, 2.05) is 30.3 Å². The molecule has 0 bridgehead atoms. The summed E-state index contributed by atoms with van der Waals surface area (Å²) in [7, 11) is 0. The molecule has 0 aliphatic carbocycles. The van der Waals surface area contributed by atoms with Crippen LogP contribution in [0.5, 0.6) is 5.75 Å². The molecular formula is C18H21NO2. The summed E-state index contributed by atoms with van der Waals surface area (Å²) in [5.74, 6) is 0.476. The predicted molar refractivity (Wildman–Crippen MR) is 84.4 cm³/mol. The van der Waals surface area contributed by atoms with Gasteiger partial charge in [-0.15, -0.1) is 0 Å². The first-order chi connectivity index (χ1) is 9.88. The zero-order valence-corrected chi connectivity index (χ0v) is 12.7. The number of para-hydroxylation sites is 1. The highest BCUT2D eigenvalue weighted by Gasteiger charge is 2.18. The summed E-state index contributed by atoms with van der Waals surface area (Å²) in [5.41, 5.74) is 7.95. The Labute approximate surface area is 125 Å². The van der Waals surface area contributed by atoms with Crippen LogP contribution in [-0.4, -0.2) is 5.91 Å². The van der Waals surface area contributed by atoms with E-state index in [-0.39, 0.29) is 5.41 Å². The molecule has 2 aromatic rings. The highest BCUT2D eigenvalue weighted by molar-refractivity contribution is 5.92. The van der Waals surface area contributed by atoms with E-state index in [1.165, 1.54) is 5.56 Å². The third-order valence-corrected chi connectivity index (χ3v) is 3.33. The lowest BCUT2D eigenvalue weighted by Gasteiger charge is -2.22. The van der Waals surface area contributed by atoms with Gasteiger partial charge < -0.3 is 10.5 Å². The summed E-state index contributed by atoms with van der Waals surface area (Å²) in [6.07, 6.45) is 0. The van der Waals surface area contributed by atoms with Crippen molar-refractivity contribution >= 4 is 5.91 Å². The fraction of sp³-hybridized carbons (Fsp3) is 0.278. The predicted octanol–water partition coefficient (Wildman–Crippen LogP) is 3.66. The molecule has 0 aromatic heterocycles. The minimum Gasteiger partial charge on any atom is -0.489 e. The van der Waals surface area contributed by atoms with Gasteiger partial charge >= 0.3 is 0 Å². The maximum atomic E-state index is 11.0. The zero-order valence-electron chi connectivity index (χ0n) is 12.7. The van der Waals surface area contributed by atoms with Gasteiger partial charge in [0.15, 0.2) is 0 Å². The Morgan fingerprint density at radius 1 is 1.05 bits per heavy atom. The lowest BCUT2D eigenvalue weighted by Crippen LogP contribution is -2.13. The lowest BCUT2D eigenvalue weighted by atomic mass is 9.86. The van der Waals surface area contributed by atoms with E-state index in [2.05, 4.69) is 26.8 Å². The Hall–Kier alpha value is -2.29. The van der Waals surface area contributed by atoms with Crippen molar-refractivity contribution in [2.45, 2.75) is 32.8 Å². The highest BCUT2D eigenvalue weighted by atomic mass is 16.5. The average molecular weight is 283 g/mol. The smallest absolute Gasteiger partial charge is 0.248 e. The molecule has 0 spiro atoms. The van der Waals surface area contributed by atoms with Crippen LogP contribution >= 0.6 is 0 Å². The molecule has 1 amide bonds. The molecule has 21 heavy (non-hydrogen) atoms. The first-order valence-corrected chi connectivity index (χ1v) is 6.99.